The first kappa shape index (κ1) is 16.8. The van der Waals surface area contributed by atoms with E-state index in [-0.39, 0.29) is 30.0 Å². The number of hydrogen-bond acceptors (Lipinski definition) is 4. The Bertz CT molecular complexity index is 784. The van der Waals surface area contributed by atoms with Crippen LogP contribution in [0.15, 0.2) is 47.6 Å². The van der Waals surface area contributed by atoms with Gasteiger partial charge in [0.15, 0.2) is 0 Å². The van der Waals surface area contributed by atoms with Crippen molar-refractivity contribution in [1.29, 1.82) is 0 Å². The maximum Gasteiger partial charge on any atom is 0.237 e. The number of benzene rings is 1. The number of para-hydroxylation sites is 2. The number of fused-ring (bicyclic) bond motifs is 1. The Morgan fingerprint density at radius 2 is 2.17 bits per heavy atom. The predicted molar refractivity (Wildman–Crippen MR) is 96.6 cm³/mol. The van der Waals surface area contributed by atoms with Crippen LogP contribution in [-0.4, -0.2) is 28.6 Å². The zero-order chi connectivity index (χ0) is 17.1. The number of rotatable bonds is 3. The summed E-state index contributed by atoms with van der Waals surface area (Å²) in [6.45, 7) is 1.87. The number of halogens is 1. The third-order valence-corrected chi connectivity index (χ3v) is 5.09. The Kier molecular flexibility index (Phi) is 5.06. The molecule has 0 spiro atoms. The van der Waals surface area contributed by atoms with Crippen LogP contribution in [0.4, 0.5) is 11.4 Å². The van der Waals surface area contributed by atoms with Crippen LogP contribution < -0.4 is 10.2 Å². The van der Waals surface area contributed by atoms with Gasteiger partial charge in [0.1, 0.15) is 5.03 Å². The van der Waals surface area contributed by atoms with Crippen LogP contribution >= 0.6 is 23.4 Å². The second-order valence-corrected chi connectivity index (χ2v) is 6.83. The van der Waals surface area contributed by atoms with Gasteiger partial charge in [-0.2, -0.15) is 0 Å². The molecular weight excluding hydrogens is 346 g/mol. The molecule has 1 aliphatic rings. The number of thioether (sulfide) groups is 1. The second kappa shape index (κ2) is 7.23. The maximum absolute atomic E-state index is 12.8. The van der Waals surface area contributed by atoms with Crippen molar-refractivity contribution in [3.8, 4) is 0 Å². The monoisotopic (exact) mass is 361 g/mol. The van der Waals surface area contributed by atoms with Gasteiger partial charge < -0.3 is 10.2 Å². The molecule has 0 bridgehead atoms. The molecule has 2 heterocycles. The molecule has 1 N–H and O–H groups in total. The molecule has 124 valence electrons. The summed E-state index contributed by atoms with van der Waals surface area (Å²) in [5, 5.41) is 3.99. The Labute approximate surface area is 149 Å². The Hall–Kier alpha value is -2.05. The molecule has 0 aliphatic carbocycles. The number of aromatic nitrogens is 1. The number of amides is 2. The minimum atomic E-state index is -0.221. The number of nitrogens with zero attached hydrogens (tertiary/aromatic N) is 2. The van der Waals surface area contributed by atoms with E-state index in [1.54, 1.807) is 29.3 Å². The van der Waals surface area contributed by atoms with E-state index in [0.29, 0.717) is 21.4 Å². The van der Waals surface area contributed by atoms with E-state index in [4.69, 9.17) is 11.6 Å². The largest absolute Gasteiger partial charge is 0.324 e. The first-order valence-electron chi connectivity index (χ1n) is 7.50. The van der Waals surface area contributed by atoms with Gasteiger partial charge in [0.05, 0.1) is 22.2 Å². The summed E-state index contributed by atoms with van der Waals surface area (Å²) in [4.78, 5) is 30.6. The topological polar surface area (TPSA) is 62.3 Å². The van der Waals surface area contributed by atoms with Crippen molar-refractivity contribution in [2.24, 2.45) is 0 Å². The third-order valence-electron chi connectivity index (χ3n) is 3.69. The van der Waals surface area contributed by atoms with Crippen LogP contribution in [0.1, 0.15) is 13.3 Å². The molecule has 3 rings (SSSR count). The minimum absolute atomic E-state index is 0.0850. The summed E-state index contributed by atoms with van der Waals surface area (Å²) in [7, 11) is 0. The molecule has 2 amide bonds. The highest BCUT2D eigenvalue weighted by atomic mass is 35.5. The van der Waals surface area contributed by atoms with Crippen molar-refractivity contribution < 1.29 is 9.59 Å². The highest BCUT2D eigenvalue weighted by Crippen LogP contribution is 2.32. The summed E-state index contributed by atoms with van der Waals surface area (Å²) >= 11 is 7.38. The number of anilines is 2. The summed E-state index contributed by atoms with van der Waals surface area (Å²) in [5.74, 6) is 0.0210. The summed E-state index contributed by atoms with van der Waals surface area (Å²) in [6.07, 6.45) is 1.90. The molecule has 0 saturated heterocycles. The van der Waals surface area contributed by atoms with Crippen LogP contribution in [0.2, 0.25) is 5.02 Å². The SMILES string of the molecule is CC1CC(=O)Nc2ccccc2N1C(=O)CSc1ncccc1Cl. The molecule has 7 heteroatoms. The van der Waals surface area contributed by atoms with E-state index >= 15 is 0 Å². The van der Waals surface area contributed by atoms with Gasteiger partial charge in [0, 0.05) is 18.7 Å². The van der Waals surface area contributed by atoms with Crippen LogP contribution in [0, 0.1) is 0 Å². The molecule has 0 saturated carbocycles. The zero-order valence-electron chi connectivity index (χ0n) is 13.0. The molecule has 2 aromatic rings. The fraction of sp³-hybridized carbons (Fsp3) is 0.235. The van der Waals surface area contributed by atoms with Gasteiger partial charge in [-0.05, 0) is 31.2 Å². The first-order chi connectivity index (χ1) is 11.6. The molecule has 5 nitrogen and oxygen atoms in total. The highest BCUT2D eigenvalue weighted by molar-refractivity contribution is 8.00. The predicted octanol–water partition coefficient (Wildman–Crippen LogP) is 3.59. The molecule has 1 aliphatic heterocycles. The molecule has 24 heavy (non-hydrogen) atoms. The number of carbonyl (C=O) groups is 2. The van der Waals surface area contributed by atoms with Crippen molar-refractivity contribution in [3.63, 3.8) is 0 Å². The average Bonchev–Trinajstić information content (AvgIpc) is 2.68. The number of carbonyl (C=O) groups excluding carboxylic acids is 2. The van der Waals surface area contributed by atoms with Gasteiger partial charge in [-0.25, -0.2) is 4.98 Å². The lowest BCUT2D eigenvalue weighted by atomic mass is 10.2. The molecule has 0 radical (unpaired) electrons. The summed E-state index contributed by atoms with van der Waals surface area (Å²) in [5.41, 5.74) is 1.37. The van der Waals surface area contributed by atoms with Gasteiger partial charge >= 0.3 is 0 Å². The van der Waals surface area contributed by atoms with Crippen molar-refractivity contribution in [1.82, 2.24) is 4.98 Å². The fourth-order valence-electron chi connectivity index (χ4n) is 2.64. The van der Waals surface area contributed by atoms with Crippen molar-refractivity contribution in [2.75, 3.05) is 16.0 Å². The van der Waals surface area contributed by atoms with Crippen LogP contribution in [-0.2, 0) is 9.59 Å². The van der Waals surface area contributed by atoms with Crippen LogP contribution in [0.25, 0.3) is 0 Å². The Balaban J connectivity index is 1.83. The van der Waals surface area contributed by atoms with Crippen molar-refractivity contribution in [3.05, 3.63) is 47.6 Å². The fourth-order valence-corrected chi connectivity index (χ4v) is 3.67. The van der Waals surface area contributed by atoms with E-state index in [2.05, 4.69) is 10.3 Å². The molecule has 1 aromatic carbocycles. The molecule has 0 fully saturated rings. The van der Waals surface area contributed by atoms with E-state index in [9.17, 15) is 9.59 Å². The minimum Gasteiger partial charge on any atom is -0.324 e. The zero-order valence-corrected chi connectivity index (χ0v) is 14.6. The van der Waals surface area contributed by atoms with Gasteiger partial charge in [0.25, 0.3) is 0 Å². The molecule has 1 atom stereocenters. The van der Waals surface area contributed by atoms with Gasteiger partial charge in [-0.3, -0.25) is 9.59 Å². The smallest absolute Gasteiger partial charge is 0.237 e. The maximum atomic E-state index is 12.8. The quantitative estimate of drug-likeness (QED) is 0.848. The van der Waals surface area contributed by atoms with Crippen LogP contribution in [0.3, 0.4) is 0 Å². The summed E-state index contributed by atoms with van der Waals surface area (Å²) in [6, 6.07) is 10.6. The van der Waals surface area contributed by atoms with E-state index in [0.717, 1.165) is 0 Å². The van der Waals surface area contributed by atoms with Gasteiger partial charge in [0.2, 0.25) is 11.8 Å². The molecular formula is C17H16ClN3O2S. The van der Waals surface area contributed by atoms with E-state index in [1.165, 1.54) is 11.8 Å². The normalized spacial score (nSPS) is 17.0. The molecule has 1 unspecified atom stereocenters. The van der Waals surface area contributed by atoms with Crippen LogP contribution in [0.5, 0.6) is 0 Å². The lowest BCUT2D eigenvalue weighted by molar-refractivity contribution is -0.117. The number of pyridine rings is 1. The van der Waals surface area contributed by atoms with E-state index in [1.807, 2.05) is 25.1 Å². The third kappa shape index (κ3) is 3.55. The molecule has 1 aromatic heterocycles. The lowest BCUT2D eigenvalue weighted by Gasteiger charge is -2.27. The summed E-state index contributed by atoms with van der Waals surface area (Å²) < 4.78 is 0. The Morgan fingerprint density at radius 1 is 1.38 bits per heavy atom. The second-order valence-electron chi connectivity index (χ2n) is 5.46. The van der Waals surface area contributed by atoms with Gasteiger partial charge in [-0.15, -0.1) is 0 Å². The van der Waals surface area contributed by atoms with Crippen molar-refractivity contribution >= 4 is 46.6 Å². The van der Waals surface area contributed by atoms with Gasteiger partial charge in [-0.1, -0.05) is 35.5 Å². The standard InChI is InChI=1S/C17H16ClN3O2S/c1-11-9-15(22)20-13-6-2-3-7-14(13)21(11)16(23)10-24-17-12(18)5-4-8-19-17/h2-8,11H,9-10H2,1H3,(H,20,22). The Morgan fingerprint density at radius 3 is 2.96 bits per heavy atom. The lowest BCUT2D eigenvalue weighted by Crippen LogP contribution is -2.40. The first-order valence-corrected chi connectivity index (χ1v) is 8.87. The highest BCUT2D eigenvalue weighted by Gasteiger charge is 2.29. The van der Waals surface area contributed by atoms with E-state index < -0.39 is 0 Å². The average molecular weight is 362 g/mol. The van der Waals surface area contributed by atoms with Crippen molar-refractivity contribution in [2.45, 2.75) is 24.4 Å². The number of nitrogens with one attached hydrogen (secondary N) is 1. The number of hydrogen-bond donors (Lipinski definition) is 1.